The molecule has 96 valence electrons. The number of nitrogens with zero attached hydrogens (tertiary/aromatic N) is 1. The molecule has 0 spiro atoms. The molecule has 0 unspecified atom stereocenters. The van der Waals surface area contributed by atoms with Crippen LogP contribution in [-0.4, -0.2) is 28.9 Å². The van der Waals surface area contributed by atoms with Gasteiger partial charge in [0.25, 0.3) is 0 Å². The molecule has 0 aliphatic heterocycles. The summed E-state index contributed by atoms with van der Waals surface area (Å²) in [5, 5.41) is 0. The van der Waals surface area contributed by atoms with Crippen molar-refractivity contribution in [1.29, 1.82) is 0 Å². The fraction of sp³-hybridized carbons (Fsp3) is 0.643. The zero-order valence-corrected chi connectivity index (χ0v) is 11.0. The standard InChI is InChI=1S/C14H24N2O/c1-3-5-10-16(11-6-4-2)14(17)12-13-8-7-9-15-13/h7-9,15H,3-6,10-12H2,1-2H3. The van der Waals surface area contributed by atoms with Gasteiger partial charge < -0.3 is 9.88 Å². The van der Waals surface area contributed by atoms with E-state index in [1.165, 1.54) is 0 Å². The van der Waals surface area contributed by atoms with Crippen LogP contribution in [-0.2, 0) is 11.2 Å². The molecule has 3 heteroatoms. The van der Waals surface area contributed by atoms with Gasteiger partial charge >= 0.3 is 0 Å². The third kappa shape index (κ3) is 5.07. The molecule has 0 saturated carbocycles. The Kier molecular flexibility index (Phi) is 6.45. The summed E-state index contributed by atoms with van der Waals surface area (Å²) in [6, 6.07) is 3.90. The number of rotatable bonds is 8. The summed E-state index contributed by atoms with van der Waals surface area (Å²) in [6.07, 6.45) is 6.84. The van der Waals surface area contributed by atoms with Crippen LogP contribution in [0.1, 0.15) is 45.2 Å². The van der Waals surface area contributed by atoms with Crippen molar-refractivity contribution >= 4 is 5.91 Å². The van der Waals surface area contributed by atoms with E-state index in [0.717, 1.165) is 44.5 Å². The van der Waals surface area contributed by atoms with Crippen LogP contribution in [0.5, 0.6) is 0 Å². The topological polar surface area (TPSA) is 36.1 Å². The number of hydrogen-bond acceptors (Lipinski definition) is 1. The Hall–Kier alpha value is -1.25. The van der Waals surface area contributed by atoms with Crippen molar-refractivity contribution in [3.63, 3.8) is 0 Å². The minimum absolute atomic E-state index is 0.245. The van der Waals surface area contributed by atoms with Crippen LogP contribution in [0.4, 0.5) is 0 Å². The van der Waals surface area contributed by atoms with Crippen molar-refractivity contribution < 1.29 is 4.79 Å². The lowest BCUT2D eigenvalue weighted by atomic mass is 10.2. The Labute approximate surface area is 104 Å². The third-order valence-corrected chi connectivity index (χ3v) is 2.92. The fourth-order valence-corrected chi connectivity index (χ4v) is 1.81. The lowest BCUT2D eigenvalue weighted by molar-refractivity contribution is -0.130. The summed E-state index contributed by atoms with van der Waals surface area (Å²) >= 11 is 0. The quantitative estimate of drug-likeness (QED) is 0.740. The van der Waals surface area contributed by atoms with E-state index in [1.807, 2.05) is 23.2 Å². The van der Waals surface area contributed by atoms with E-state index in [-0.39, 0.29) is 5.91 Å². The maximum absolute atomic E-state index is 12.1. The number of carbonyl (C=O) groups excluding carboxylic acids is 1. The molecule has 1 amide bonds. The zero-order valence-electron chi connectivity index (χ0n) is 11.0. The molecule has 0 fully saturated rings. The van der Waals surface area contributed by atoms with Gasteiger partial charge in [-0.3, -0.25) is 4.79 Å². The van der Waals surface area contributed by atoms with Crippen LogP contribution >= 0.6 is 0 Å². The van der Waals surface area contributed by atoms with Gasteiger partial charge in [-0.05, 0) is 25.0 Å². The molecule has 17 heavy (non-hydrogen) atoms. The molecule has 1 rings (SSSR count). The molecule has 0 aromatic carbocycles. The maximum atomic E-state index is 12.1. The van der Waals surface area contributed by atoms with E-state index in [0.29, 0.717) is 6.42 Å². The summed E-state index contributed by atoms with van der Waals surface area (Å²) in [5.74, 6) is 0.245. The first kappa shape index (κ1) is 13.8. The van der Waals surface area contributed by atoms with Crippen LogP contribution in [0.2, 0.25) is 0 Å². The van der Waals surface area contributed by atoms with Gasteiger partial charge in [0.2, 0.25) is 5.91 Å². The molecule has 0 aliphatic rings. The Morgan fingerprint density at radius 3 is 2.35 bits per heavy atom. The number of nitrogens with one attached hydrogen (secondary N) is 1. The average Bonchev–Trinajstić information content (AvgIpc) is 2.82. The van der Waals surface area contributed by atoms with Gasteiger partial charge in [0.1, 0.15) is 0 Å². The molecule has 0 radical (unpaired) electrons. The molecule has 1 N–H and O–H groups in total. The first-order valence-corrected chi connectivity index (χ1v) is 6.68. The Morgan fingerprint density at radius 2 is 1.88 bits per heavy atom. The maximum Gasteiger partial charge on any atom is 0.228 e. The van der Waals surface area contributed by atoms with E-state index >= 15 is 0 Å². The number of H-pyrrole nitrogens is 1. The van der Waals surface area contributed by atoms with Crippen LogP contribution in [0, 0.1) is 0 Å². The highest BCUT2D eigenvalue weighted by atomic mass is 16.2. The highest BCUT2D eigenvalue weighted by Crippen LogP contribution is 2.04. The molecule has 3 nitrogen and oxygen atoms in total. The van der Waals surface area contributed by atoms with E-state index in [4.69, 9.17) is 0 Å². The predicted octanol–water partition coefficient (Wildman–Crippen LogP) is 2.99. The smallest absolute Gasteiger partial charge is 0.228 e. The number of carbonyl (C=O) groups is 1. The first-order chi connectivity index (χ1) is 8.27. The summed E-state index contributed by atoms with van der Waals surface area (Å²) in [6.45, 7) is 6.12. The molecular formula is C14H24N2O. The van der Waals surface area contributed by atoms with Gasteiger partial charge in [0.05, 0.1) is 6.42 Å². The fourth-order valence-electron chi connectivity index (χ4n) is 1.81. The van der Waals surface area contributed by atoms with Gasteiger partial charge in [0, 0.05) is 25.0 Å². The molecule has 0 aliphatic carbocycles. The Bertz CT molecular complexity index is 298. The van der Waals surface area contributed by atoms with Crippen molar-refractivity contribution in [2.45, 2.75) is 46.0 Å². The highest BCUT2D eigenvalue weighted by Gasteiger charge is 2.13. The normalized spacial score (nSPS) is 10.5. The largest absolute Gasteiger partial charge is 0.365 e. The Morgan fingerprint density at radius 1 is 1.24 bits per heavy atom. The van der Waals surface area contributed by atoms with E-state index < -0.39 is 0 Å². The second kappa shape index (κ2) is 7.93. The van der Waals surface area contributed by atoms with E-state index in [2.05, 4.69) is 18.8 Å². The van der Waals surface area contributed by atoms with Gasteiger partial charge in [-0.2, -0.15) is 0 Å². The lowest BCUT2D eigenvalue weighted by Crippen LogP contribution is -2.34. The lowest BCUT2D eigenvalue weighted by Gasteiger charge is -2.22. The van der Waals surface area contributed by atoms with Gasteiger partial charge in [-0.25, -0.2) is 0 Å². The van der Waals surface area contributed by atoms with Crippen molar-refractivity contribution in [1.82, 2.24) is 9.88 Å². The summed E-state index contributed by atoms with van der Waals surface area (Å²) in [5.41, 5.74) is 1.01. The van der Waals surface area contributed by atoms with Crippen molar-refractivity contribution in [2.24, 2.45) is 0 Å². The first-order valence-electron chi connectivity index (χ1n) is 6.68. The molecule has 0 saturated heterocycles. The van der Waals surface area contributed by atoms with E-state index in [1.54, 1.807) is 0 Å². The summed E-state index contributed by atoms with van der Waals surface area (Å²) in [4.78, 5) is 17.2. The van der Waals surface area contributed by atoms with Crippen LogP contribution < -0.4 is 0 Å². The predicted molar refractivity (Wildman–Crippen MR) is 70.9 cm³/mol. The number of aromatic amines is 1. The van der Waals surface area contributed by atoms with Crippen molar-refractivity contribution in [3.05, 3.63) is 24.0 Å². The minimum atomic E-state index is 0.245. The van der Waals surface area contributed by atoms with Crippen LogP contribution in [0.3, 0.4) is 0 Å². The number of amides is 1. The van der Waals surface area contributed by atoms with Crippen molar-refractivity contribution in [3.8, 4) is 0 Å². The summed E-state index contributed by atoms with van der Waals surface area (Å²) in [7, 11) is 0. The SMILES string of the molecule is CCCCN(CCCC)C(=O)Cc1ccc[nH]1. The number of aromatic nitrogens is 1. The molecule has 0 bridgehead atoms. The molecule has 1 aromatic heterocycles. The molecule has 0 atom stereocenters. The third-order valence-electron chi connectivity index (χ3n) is 2.92. The second-order valence-corrected chi connectivity index (χ2v) is 4.46. The van der Waals surface area contributed by atoms with E-state index in [9.17, 15) is 4.79 Å². The molecule has 1 aromatic rings. The second-order valence-electron chi connectivity index (χ2n) is 4.46. The molecular weight excluding hydrogens is 212 g/mol. The van der Waals surface area contributed by atoms with Gasteiger partial charge in [0.15, 0.2) is 0 Å². The molecule has 1 heterocycles. The highest BCUT2D eigenvalue weighted by molar-refractivity contribution is 5.78. The van der Waals surface area contributed by atoms with Crippen LogP contribution in [0.15, 0.2) is 18.3 Å². The number of hydrogen-bond donors (Lipinski definition) is 1. The Balaban J connectivity index is 2.46. The average molecular weight is 236 g/mol. The van der Waals surface area contributed by atoms with Gasteiger partial charge in [-0.1, -0.05) is 26.7 Å². The van der Waals surface area contributed by atoms with Crippen LogP contribution in [0.25, 0.3) is 0 Å². The minimum Gasteiger partial charge on any atom is -0.365 e. The monoisotopic (exact) mass is 236 g/mol. The van der Waals surface area contributed by atoms with Gasteiger partial charge in [-0.15, -0.1) is 0 Å². The summed E-state index contributed by atoms with van der Waals surface area (Å²) < 4.78 is 0. The number of unbranched alkanes of at least 4 members (excludes halogenated alkanes) is 2. The van der Waals surface area contributed by atoms with Crippen molar-refractivity contribution in [2.75, 3.05) is 13.1 Å². The zero-order chi connectivity index (χ0) is 12.5.